The highest BCUT2D eigenvalue weighted by Crippen LogP contribution is 2.26. The number of hydrogen-bond acceptors (Lipinski definition) is 2. The molecular weight excluding hydrogens is 367 g/mol. The third-order valence-electron chi connectivity index (χ3n) is 3.57. The quantitative estimate of drug-likeness (QED) is 0.775. The van der Waals surface area contributed by atoms with Crippen LogP contribution in [0.3, 0.4) is 0 Å². The van der Waals surface area contributed by atoms with Gasteiger partial charge < -0.3 is 5.11 Å². The van der Waals surface area contributed by atoms with E-state index in [4.69, 9.17) is 5.11 Å². The summed E-state index contributed by atoms with van der Waals surface area (Å²) in [4.78, 5) is 23.6. The molecule has 2 aromatic rings. The highest BCUT2D eigenvalue weighted by atomic mass is 127. The predicted molar refractivity (Wildman–Crippen MR) is 83.4 cm³/mol. The number of benzene rings is 2. The van der Waals surface area contributed by atoms with E-state index < -0.39 is 5.97 Å². The maximum atomic E-state index is 12.6. The van der Waals surface area contributed by atoms with Gasteiger partial charge in [0.1, 0.15) is 0 Å². The van der Waals surface area contributed by atoms with Crippen LogP contribution in [0.25, 0.3) is 0 Å². The molecule has 0 aromatic heterocycles. The molecule has 0 saturated heterocycles. The second-order valence-corrected chi connectivity index (χ2v) is 6.05. The summed E-state index contributed by atoms with van der Waals surface area (Å²) in [6.45, 7) is 0. The first-order chi connectivity index (χ1) is 9.56. The van der Waals surface area contributed by atoms with Gasteiger partial charge in [-0.25, -0.2) is 4.79 Å². The SMILES string of the molecule is O=C(O)c1ccc2c(c1)CCc1cc(I)ccc1C2=O. The number of aryl methyl sites for hydroxylation is 2. The van der Waals surface area contributed by atoms with Crippen LogP contribution in [0.2, 0.25) is 0 Å². The molecule has 0 saturated carbocycles. The molecule has 0 atom stereocenters. The van der Waals surface area contributed by atoms with E-state index in [1.54, 1.807) is 12.1 Å². The first kappa shape index (κ1) is 13.3. The van der Waals surface area contributed by atoms with Crippen LogP contribution in [0, 0.1) is 3.57 Å². The van der Waals surface area contributed by atoms with E-state index in [2.05, 4.69) is 22.6 Å². The molecule has 1 aliphatic rings. The minimum absolute atomic E-state index is 0.0131. The second kappa shape index (κ2) is 5.01. The molecule has 0 aliphatic heterocycles. The van der Waals surface area contributed by atoms with Crippen molar-refractivity contribution < 1.29 is 14.7 Å². The van der Waals surface area contributed by atoms with Gasteiger partial charge in [0.05, 0.1) is 5.56 Å². The highest BCUT2D eigenvalue weighted by molar-refractivity contribution is 14.1. The zero-order chi connectivity index (χ0) is 14.3. The fourth-order valence-electron chi connectivity index (χ4n) is 2.56. The summed E-state index contributed by atoms with van der Waals surface area (Å²) in [6, 6.07) is 10.6. The molecule has 0 amide bonds. The lowest BCUT2D eigenvalue weighted by atomic mass is 9.97. The third kappa shape index (κ3) is 2.24. The normalized spacial score (nSPS) is 13.3. The molecular formula is C16H11IO3. The maximum Gasteiger partial charge on any atom is 0.335 e. The van der Waals surface area contributed by atoms with Crippen LogP contribution in [0.15, 0.2) is 36.4 Å². The van der Waals surface area contributed by atoms with E-state index in [0.717, 1.165) is 26.7 Å². The monoisotopic (exact) mass is 378 g/mol. The largest absolute Gasteiger partial charge is 0.478 e. The average Bonchev–Trinajstić information content (AvgIpc) is 2.56. The van der Waals surface area contributed by atoms with Crippen molar-refractivity contribution in [1.29, 1.82) is 0 Å². The van der Waals surface area contributed by atoms with Gasteiger partial charge >= 0.3 is 5.97 Å². The number of fused-ring (bicyclic) bond motifs is 2. The molecule has 0 fully saturated rings. The van der Waals surface area contributed by atoms with Gasteiger partial charge in [0.15, 0.2) is 5.78 Å². The summed E-state index contributed by atoms with van der Waals surface area (Å²) < 4.78 is 1.10. The van der Waals surface area contributed by atoms with Gasteiger partial charge in [-0.05, 0) is 83.0 Å². The molecule has 3 rings (SSSR count). The number of carboxylic acids is 1. The van der Waals surface area contributed by atoms with E-state index in [1.165, 1.54) is 6.07 Å². The van der Waals surface area contributed by atoms with E-state index in [1.807, 2.05) is 18.2 Å². The van der Waals surface area contributed by atoms with Crippen LogP contribution in [-0.4, -0.2) is 16.9 Å². The van der Waals surface area contributed by atoms with Crippen LogP contribution < -0.4 is 0 Å². The smallest absolute Gasteiger partial charge is 0.335 e. The summed E-state index contributed by atoms with van der Waals surface area (Å²) >= 11 is 2.23. The zero-order valence-corrected chi connectivity index (χ0v) is 12.7. The Kier molecular flexibility index (Phi) is 3.33. The van der Waals surface area contributed by atoms with Gasteiger partial charge in [-0.2, -0.15) is 0 Å². The van der Waals surface area contributed by atoms with Crippen LogP contribution in [0.5, 0.6) is 0 Å². The van der Waals surface area contributed by atoms with Gasteiger partial charge in [-0.15, -0.1) is 0 Å². The van der Waals surface area contributed by atoms with Crippen LogP contribution in [-0.2, 0) is 12.8 Å². The lowest BCUT2D eigenvalue weighted by Crippen LogP contribution is -2.06. The Morgan fingerprint density at radius 2 is 1.60 bits per heavy atom. The number of carbonyl (C=O) groups is 2. The first-order valence-electron chi connectivity index (χ1n) is 6.25. The van der Waals surface area contributed by atoms with Gasteiger partial charge in [-0.3, -0.25) is 4.79 Å². The fraction of sp³-hybridized carbons (Fsp3) is 0.125. The van der Waals surface area contributed by atoms with E-state index in [0.29, 0.717) is 12.0 Å². The standard InChI is InChI=1S/C16H11IO3/c17-12-4-6-14-10(8-12)2-1-9-7-11(16(19)20)3-5-13(9)15(14)18/h3-8H,1-2H2,(H,19,20). The number of carbonyl (C=O) groups excluding carboxylic acids is 1. The minimum atomic E-state index is -0.962. The van der Waals surface area contributed by atoms with Crippen molar-refractivity contribution in [3.63, 3.8) is 0 Å². The lowest BCUT2D eigenvalue weighted by Gasteiger charge is -2.06. The Hall–Kier alpha value is -1.69. The Bertz CT molecular complexity index is 734. The number of rotatable bonds is 1. The summed E-state index contributed by atoms with van der Waals surface area (Å²) in [6.07, 6.45) is 1.45. The molecule has 3 nitrogen and oxygen atoms in total. The zero-order valence-electron chi connectivity index (χ0n) is 10.5. The Morgan fingerprint density at radius 1 is 1.00 bits per heavy atom. The summed E-state index contributed by atoms with van der Waals surface area (Å²) in [7, 11) is 0. The van der Waals surface area contributed by atoms with E-state index >= 15 is 0 Å². The Morgan fingerprint density at radius 3 is 2.25 bits per heavy atom. The molecule has 20 heavy (non-hydrogen) atoms. The Labute approximate surface area is 129 Å². The highest BCUT2D eigenvalue weighted by Gasteiger charge is 2.22. The number of aromatic carboxylic acids is 1. The lowest BCUT2D eigenvalue weighted by molar-refractivity contribution is 0.0696. The third-order valence-corrected chi connectivity index (χ3v) is 4.24. The summed E-state index contributed by atoms with van der Waals surface area (Å²) in [5.41, 5.74) is 3.44. The molecule has 100 valence electrons. The molecule has 2 aromatic carbocycles. The number of ketones is 1. The number of hydrogen-bond donors (Lipinski definition) is 1. The van der Waals surface area contributed by atoms with Gasteiger partial charge in [0, 0.05) is 14.7 Å². The topological polar surface area (TPSA) is 54.4 Å². The van der Waals surface area contributed by atoms with E-state index in [9.17, 15) is 9.59 Å². The maximum absolute atomic E-state index is 12.6. The van der Waals surface area contributed by atoms with Crippen molar-refractivity contribution in [2.45, 2.75) is 12.8 Å². The predicted octanol–water partition coefficient (Wildman–Crippen LogP) is 3.32. The van der Waals surface area contributed by atoms with Crippen LogP contribution in [0.1, 0.15) is 37.4 Å². The molecule has 0 heterocycles. The van der Waals surface area contributed by atoms with Crippen molar-refractivity contribution in [2.75, 3.05) is 0 Å². The average molecular weight is 378 g/mol. The van der Waals surface area contributed by atoms with Gasteiger partial charge in [0.2, 0.25) is 0 Å². The van der Waals surface area contributed by atoms with Crippen molar-refractivity contribution >= 4 is 34.3 Å². The van der Waals surface area contributed by atoms with E-state index in [-0.39, 0.29) is 11.3 Å². The fourth-order valence-corrected chi connectivity index (χ4v) is 3.12. The summed E-state index contributed by atoms with van der Waals surface area (Å²) in [5, 5.41) is 9.05. The molecule has 0 spiro atoms. The van der Waals surface area contributed by atoms with Crippen molar-refractivity contribution in [3.05, 3.63) is 67.8 Å². The molecule has 0 bridgehead atoms. The number of carboxylic acid groups (broad SMARTS) is 1. The second-order valence-electron chi connectivity index (χ2n) is 4.81. The molecule has 4 heteroatoms. The minimum Gasteiger partial charge on any atom is -0.478 e. The van der Waals surface area contributed by atoms with Crippen molar-refractivity contribution in [2.24, 2.45) is 0 Å². The summed E-state index contributed by atoms with van der Waals surface area (Å²) in [5.74, 6) is -0.975. The van der Waals surface area contributed by atoms with Crippen LogP contribution in [0.4, 0.5) is 0 Å². The molecule has 0 radical (unpaired) electrons. The Balaban J connectivity index is 2.14. The molecule has 1 N–H and O–H groups in total. The number of halogens is 1. The van der Waals surface area contributed by atoms with Crippen molar-refractivity contribution in [1.82, 2.24) is 0 Å². The van der Waals surface area contributed by atoms with Crippen molar-refractivity contribution in [3.8, 4) is 0 Å². The van der Waals surface area contributed by atoms with Gasteiger partial charge in [-0.1, -0.05) is 0 Å². The first-order valence-corrected chi connectivity index (χ1v) is 7.33. The molecule has 0 unspecified atom stereocenters. The van der Waals surface area contributed by atoms with Crippen LogP contribution >= 0.6 is 22.6 Å². The molecule has 1 aliphatic carbocycles. The van der Waals surface area contributed by atoms with Gasteiger partial charge in [0.25, 0.3) is 0 Å².